The molecule has 0 saturated heterocycles. The Morgan fingerprint density at radius 2 is 1.95 bits per heavy atom. The van der Waals surface area contributed by atoms with Gasteiger partial charge in [0.15, 0.2) is 5.65 Å². The Morgan fingerprint density at radius 3 is 2.55 bits per heavy atom. The van der Waals surface area contributed by atoms with Crippen LogP contribution < -0.4 is 0 Å². The van der Waals surface area contributed by atoms with Gasteiger partial charge in [0.05, 0.1) is 11.1 Å². The van der Waals surface area contributed by atoms with E-state index in [4.69, 9.17) is 16.6 Å². The first-order chi connectivity index (χ1) is 9.60. The maximum absolute atomic E-state index is 6.31. The third kappa shape index (κ3) is 2.85. The fourth-order valence-corrected chi connectivity index (χ4v) is 2.85. The smallest absolute Gasteiger partial charge is 0.158 e. The van der Waals surface area contributed by atoms with Gasteiger partial charge in [0.1, 0.15) is 11.3 Å². The van der Waals surface area contributed by atoms with Crippen LogP contribution in [0.4, 0.5) is 0 Å². The third-order valence-electron chi connectivity index (χ3n) is 3.72. The molecule has 112 valence electrons. The zero-order chi connectivity index (χ0) is 14.7. The molecule has 5 heteroatoms. The van der Waals surface area contributed by atoms with Crippen LogP contribution in [0.2, 0.25) is 0 Å². The van der Waals surface area contributed by atoms with Gasteiger partial charge in [-0.1, -0.05) is 26.2 Å². The second kappa shape index (κ2) is 6.61. The van der Waals surface area contributed by atoms with Gasteiger partial charge in [0.2, 0.25) is 0 Å². The lowest BCUT2D eigenvalue weighted by atomic mass is 10.2. The zero-order valence-electron chi connectivity index (χ0n) is 13.0. The molecule has 0 amide bonds. The number of halogens is 1. The predicted octanol–water partition coefficient (Wildman–Crippen LogP) is 4.44. The first-order valence-corrected chi connectivity index (χ1v) is 8.11. The summed E-state index contributed by atoms with van der Waals surface area (Å²) in [5.74, 6) is 0.973. The minimum absolute atomic E-state index is 0.0710. The molecule has 1 atom stereocenters. The Hall–Kier alpha value is -1.03. The maximum Gasteiger partial charge on any atom is 0.158 e. The minimum atomic E-state index is -0.0710. The molecule has 2 heterocycles. The normalized spacial score (nSPS) is 13.2. The predicted molar refractivity (Wildman–Crippen MR) is 84.3 cm³/mol. The van der Waals surface area contributed by atoms with E-state index in [1.165, 1.54) is 25.7 Å². The van der Waals surface area contributed by atoms with Crippen LogP contribution in [-0.4, -0.2) is 19.3 Å². The Balaban J connectivity index is 2.39. The lowest BCUT2D eigenvalue weighted by Gasteiger charge is -2.11. The first-order valence-electron chi connectivity index (χ1n) is 7.67. The molecule has 0 aliphatic rings. The van der Waals surface area contributed by atoms with E-state index in [1.807, 2.05) is 18.5 Å². The van der Waals surface area contributed by atoms with Crippen molar-refractivity contribution in [3.63, 3.8) is 0 Å². The highest BCUT2D eigenvalue weighted by Crippen LogP contribution is 2.27. The largest absolute Gasteiger partial charge is 0.312 e. The second-order valence-electron chi connectivity index (χ2n) is 5.37. The maximum atomic E-state index is 6.31. The van der Waals surface area contributed by atoms with Crippen LogP contribution in [0.25, 0.3) is 11.2 Å². The summed E-state index contributed by atoms with van der Waals surface area (Å²) in [6.07, 6.45) is 4.97. The number of unbranched alkanes of at least 4 members (excludes halogenated alkanes) is 3. The molecule has 0 spiro atoms. The second-order valence-corrected chi connectivity index (χ2v) is 6.03. The molecule has 0 radical (unpaired) electrons. The number of aryl methyl sites for hydroxylation is 3. The Kier molecular flexibility index (Phi) is 5.08. The van der Waals surface area contributed by atoms with Gasteiger partial charge in [0.25, 0.3) is 0 Å². The van der Waals surface area contributed by atoms with Crippen molar-refractivity contribution in [2.45, 2.75) is 71.8 Å². The van der Waals surface area contributed by atoms with Crippen molar-refractivity contribution < 1.29 is 0 Å². The summed E-state index contributed by atoms with van der Waals surface area (Å²) in [5.41, 5.74) is 3.13. The summed E-state index contributed by atoms with van der Waals surface area (Å²) < 4.78 is 4.31. The third-order valence-corrected chi connectivity index (χ3v) is 3.91. The van der Waals surface area contributed by atoms with Gasteiger partial charge in [-0.25, -0.2) is 9.67 Å². The molecule has 0 aliphatic heterocycles. The summed E-state index contributed by atoms with van der Waals surface area (Å²) in [5, 5.41) is 4.49. The van der Waals surface area contributed by atoms with Crippen molar-refractivity contribution in [2.24, 2.45) is 0 Å². The van der Waals surface area contributed by atoms with Crippen LogP contribution in [0.5, 0.6) is 0 Å². The van der Waals surface area contributed by atoms with E-state index in [0.29, 0.717) is 0 Å². The molecule has 2 aromatic heterocycles. The number of nitrogens with zero attached hydrogens (tertiary/aromatic N) is 4. The van der Waals surface area contributed by atoms with Crippen molar-refractivity contribution in [1.29, 1.82) is 0 Å². The van der Waals surface area contributed by atoms with Crippen LogP contribution in [0.15, 0.2) is 0 Å². The van der Waals surface area contributed by atoms with E-state index in [0.717, 1.165) is 35.8 Å². The number of imidazole rings is 1. The van der Waals surface area contributed by atoms with Crippen molar-refractivity contribution in [1.82, 2.24) is 19.3 Å². The van der Waals surface area contributed by atoms with Gasteiger partial charge in [-0.15, -0.1) is 11.6 Å². The van der Waals surface area contributed by atoms with Crippen molar-refractivity contribution in [3.05, 3.63) is 11.5 Å². The quantitative estimate of drug-likeness (QED) is 0.559. The van der Waals surface area contributed by atoms with Crippen LogP contribution >= 0.6 is 11.6 Å². The standard InChI is InChI=1S/C15H25ClN4/c1-5-7-8-9-10-19-14(11(3)16)17-13-12(4)18-20(6-2)15(13)19/h11H,5-10H2,1-4H3. The average Bonchev–Trinajstić information content (AvgIpc) is 2.93. The highest BCUT2D eigenvalue weighted by Gasteiger charge is 2.20. The van der Waals surface area contributed by atoms with Gasteiger partial charge in [-0.05, 0) is 27.2 Å². The van der Waals surface area contributed by atoms with E-state index < -0.39 is 0 Å². The Bertz CT molecular complexity index is 568. The minimum Gasteiger partial charge on any atom is -0.312 e. The molecule has 4 nitrogen and oxygen atoms in total. The summed E-state index contributed by atoms with van der Waals surface area (Å²) in [4.78, 5) is 4.73. The Morgan fingerprint density at radius 1 is 1.20 bits per heavy atom. The molecule has 0 saturated carbocycles. The number of rotatable bonds is 7. The van der Waals surface area contributed by atoms with Crippen molar-refractivity contribution in [2.75, 3.05) is 0 Å². The van der Waals surface area contributed by atoms with Gasteiger partial charge < -0.3 is 4.57 Å². The molecule has 0 fully saturated rings. The fourth-order valence-electron chi connectivity index (χ4n) is 2.68. The van der Waals surface area contributed by atoms with E-state index in [2.05, 4.69) is 23.5 Å². The van der Waals surface area contributed by atoms with Gasteiger partial charge >= 0.3 is 0 Å². The molecular formula is C15H25ClN4. The van der Waals surface area contributed by atoms with Crippen LogP contribution in [0.3, 0.4) is 0 Å². The molecule has 0 N–H and O–H groups in total. The average molecular weight is 297 g/mol. The molecule has 2 rings (SSSR count). The number of fused-ring (bicyclic) bond motifs is 1. The lowest BCUT2D eigenvalue weighted by Crippen LogP contribution is -2.09. The van der Waals surface area contributed by atoms with Crippen molar-refractivity contribution >= 4 is 22.8 Å². The first kappa shape index (κ1) is 15.4. The van der Waals surface area contributed by atoms with E-state index in [1.54, 1.807) is 0 Å². The monoisotopic (exact) mass is 296 g/mol. The highest BCUT2D eigenvalue weighted by molar-refractivity contribution is 6.20. The van der Waals surface area contributed by atoms with Gasteiger partial charge in [0, 0.05) is 13.1 Å². The molecule has 0 aromatic carbocycles. The highest BCUT2D eigenvalue weighted by atomic mass is 35.5. The van der Waals surface area contributed by atoms with Gasteiger partial charge in [-0.3, -0.25) is 0 Å². The van der Waals surface area contributed by atoms with E-state index in [9.17, 15) is 0 Å². The number of alkyl halides is 1. The van der Waals surface area contributed by atoms with Crippen LogP contribution in [-0.2, 0) is 13.1 Å². The Labute approximate surface area is 126 Å². The number of aromatic nitrogens is 4. The number of hydrogen-bond donors (Lipinski definition) is 0. The molecule has 0 bridgehead atoms. The summed E-state index contributed by atoms with van der Waals surface area (Å²) in [6.45, 7) is 10.2. The topological polar surface area (TPSA) is 35.6 Å². The zero-order valence-corrected chi connectivity index (χ0v) is 13.7. The van der Waals surface area contributed by atoms with Gasteiger partial charge in [-0.2, -0.15) is 5.10 Å². The summed E-state index contributed by atoms with van der Waals surface area (Å²) in [7, 11) is 0. The molecular weight excluding hydrogens is 272 g/mol. The number of hydrogen-bond acceptors (Lipinski definition) is 2. The van der Waals surface area contributed by atoms with E-state index >= 15 is 0 Å². The molecule has 1 unspecified atom stereocenters. The lowest BCUT2D eigenvalue weighted by molar-refractivity contribution is 0.555. The summed E-state index contributed by atoms with van der Waals surface area (Å²) >= 11 is 6.31. The molecule has 20 heavy (non-hydrogen) atoms. The summed E-state index contributed by atoms with van der Waals surface area (Å²) in [6, 6.07) is 0. The fraction of sp³-hybridized carbons (Fsp3) is 0.733. The van der Waals surface area contributed by atoms with Crippen LogP contribution in [0, 0.1) is 6.92 Å². The van der Waals surface area contributed by atoms with Crippen LogP contribution in [0.1, 0.15) is 63.3 Å². The molecule has 0 aliphatic carbocycles. The van der Waals surface area contributed by atoms with E-state index in [-0.39, 0.29) is 5.38 Å². The SMILES string of the molecule is CCCCCCn1c(C(C)Cl)nc2c(C)nn(CC)c21. The molecule has 2 aromatic rings. The van der Waals surface area contributed by atoms with Crippen molar-refractivity contribution in [3.8, 4) is 0 Å².